The van der Waals surface area contributed by atoms with Crippen molar-refractivity contribution in [1.82, 2.24) is 10.2 Å². The molecule has 0 spiro atoms. The second-order valence-electron chi connectivity index (χ2n) is 3.03. The van der Waals surface area contributed by atoms with Crippen molar-refractivity contribution in [3.8, 4) is 0 Å². The van der Waals surface area contributed by atoms with Gasteiger partial charge in [-0.25, -0.2) is 0 Å². The standard InChI is InChI=1S/C9H18N2O/c1-5-8(2)9(12)10-6-7-11(3)4/h5H,6-7H2,1-4H3,(H,10,12). The first-order valence-corrected chi connectivity index (χ1v) is 4.13. The minimum Gasteiger partial charge on any atom is -0.351 e. The number of allylic oxidation sites excluding steroid dienone is 1. The molecule has 0 fully saturated rings. The molecule has 0 heterocycles. The lowest BCUT2D eigenvalue weighted by Gasteiger charge is -2.10. The van der Waals surface area contributed by atoms with Gasteiger partial charge >= 0.3 is 0 Å². The van der Waals surface area contributed by atoms with Crippen LogP contribution in [0, 0.1) is 0 Å². The zero-order valence-corrected chi connectivity index (χ0v) is 8.35. The van der Waals surface area contributed by atoms with Gasteiger partial charge in [-0.1, -0.05) is 6.08 Å². The molecule has 0 atom stereocenters. The molecule has 1 N–H and O–H groups in total. The van der Waals surface area contributed by atoms with Crippen molar-refractivity contribution in [2.75, 3.05) is 27.2 Å². The number of carbonyl (C=O) groups is 1. The Labute approximate surface area is 74.4 Å². The third-order valence-electron chi connectivity index (χ3n) is 1.64. The second-order valence-corrected chi connectivity index (χ2v) is 3.03. The van der Waals surface area contributed by atoms with Crippen LogP contribution in [0.25, 0.3) is 0 Å². The van der Waals surface area contributed by atoms with Crippen molar-refractivity contribution in [3.05, 3.63) is 11.6 Å². The van der Waals surface area contributed by atoms with E-state index in [1.807, 2.05) is 38.9 Å². The first kappa shape index (κ1) is 11.2. The summed E-state index contributed by atoms with van der Waals surface area (Å²) in [4.78, 5) is 13.2. The third kappa shape index (κ3) is 4.91. The summed E-state index contributed by atoms with van der Waals surface area (Å²) in [7, 11) is 3.96. The Morgan fingerprint density at radius 2 is 2.08 bits per heavy atom. The summed E-state index contributed by atoms with van der Waals surface area (Å²) in [6.45, 7) is 5.26. The van der Waals surface area contributed by atoms with Crippen molar-refractivity contribution in [1.29, 1.82) is 0 Å². The molecule has 0 rings (SSSR count). The Kier molecular flexibility index (Phi) is 5.37. The van der Waals surface area contributed by atoms with E-state index in [1.54, 1.807) is 0 Å². The second kappa shape index (κ2) is 5.77. The predicted molar refractivity (Wildman–Crippen MR) is 51.0 cm³/mol. The van der Waals surface area contributed by atoms with Crippen LogP contribution >= 0.6 is 0 Å². The fourth-order valence-electron chi connectivity index (χ4n) is 0.664. The van der Waals surface area contributed by atoms with Crippen molar-refractivity contribution >= 4 is 5.91 Å². The maximum absolute atomic E-state index is 11.2. The van der Waals surface area contributed by atoms with Gasteiger partial charge in [-0.2, -0.15) is 0 Å². The molecule has 0 unspecified atom stereocenters. The van der Waals surface area contributed by atoms with Crippen LogP contribution in [0.4, 0.5) is 0 Å². The van der Waals surface area contributed by atoms with Gasteiger partial charge in [0.25, 0.3) is 0 Å². The van der Waals surface area contributed by atoms with Gasteiger partial charge in [0.15, 0.2) is 0 Å². The molecule has 70 valence electrons. The molecule has 0 aromatic rings. The number of nitrogens with zero attached hydrogens (tertiary/aromatic N) is 1. The zero-order valence-electron chi connectivity index (χ0n) is 8.35. The number of hydrogen-bond donors (Lipinski definition) is 1. The van der Waals surface area contributed by atoms with Crippen LogP contribution in [-0.2, 0) is 4.79 Å². The molecule has 12 heavy (non-hydrogen) atoms. The molecular weight excluding hydrogens is 152 g/mol. The van der Waals surface area contributed by atoms with Gasteiger partial charge in [0.1, 0.15) is 0 Å². The average molecular weight is 170 g/mol. The number of likely N-dealkylation sites (N-methyl/N-ethyl adjacent to an activating group) is 1. The highest BCUT2D eigenvalue weighted by Crippen LogP contribution is 1.89. The van der Waals surface area contributed by atoms with Gasteiger partial charge < -0.3 is 10.2 Å². The summed E-state index contributed by atoms with van der Waals surface area (Å²) in [6.07, 6.45) is 1.81. The van der Waals surface area contributed by atoms with E-state index in [0.29, 0.717) is 6.54 Å². The molecule has 3 heteroatoms. The van der Waals surface area contributed by atoms with Gasteiger partial charge in [-0.3, -0.25) is 4.79 Å². The Morgan fingerprint density at radius 1 is 1.50 bits per heavy atom. The molecule has 0 aliphatic rings. The van der Waals surface area contributed by atoms with Crippen LogP contribution in [0.1, 0.15) is 13.8 Å². The molecule has 1 amide bonds. The minimum absolute atomic E-state index is 0.0272. The summed E-state index contributed by atoms with van der Waals surface area (Å²) in [5, 5.41) is 2.82. The van der Waals surface area contributed by atoms with E-state index < -0.39 is 0 Å². The molecule has 0 aromatic heterocycles. The molecule has 0 bridgehead atoms. The smallest absolute Gasteiger partial charge is 0.246 e. The van der Waals surface area contributed by atoms with Crippen LogP contribution in [0.2, 0.25) is 0 Å². The first-order chi connectivity index (χ1) is 5.57. The minimum atomic E-state index is 0.0272. The molecule has 0 aromatic carbocycles. The number of hydrogen-bond acceptors (Lipinski definition) is 2. The first-order valence-electron chi connectivity index (χ1n) is 4.13. The van der Waals surface area contributed by atoms with Crippen LogP contribution < -0.4 is 5.32 Å². The SMILES string of the molecule is CC=C(C)C(=O)NCCN(C)C. The lowest BCUT2D eigenvalue weighted by Crippen LogP contribution is -2.31. The Bertz CT molecular complexity index is 173. The molecule has 0 saturated carbocycles. The van der Waals surface area contributed by atoms with Gasteiger partial charge in [0.2, 0.25) is 5.91 Å². The van der Waals surface area contributed by atoms with Gasteiger partial charge in [0, 0.05) is 18.7 Å². The fraction of sp³-hybridized carbons (Fsp3) is 0.667. The average Bonchev–Trinajstić information content (AvgIpc) is 2.02. The van der Waals surface area contributed by atoms with Gasteiger partial charge in [-0.05, 0) is 27.9 Å². The molecule has 3 nitrogen and oxygen atoms in total. The summed E-state index contributed by atoms with van der Waals surface area (Å²) < 4.78 is 0. The number of carbonyl (C=O) groups excluding carboxylic acids is 1. The Balaban J connectivity index is 3.58. The van der Waals surface area contributed by atoms with E-state index >= 15 is 0 Å². The van der Waals surface area contributed by atoms with Crippen LogP contribution in [-0.4, -0.2) is 38.0 Å². The lowest BCUT2D eigenvalue weighted by atomic mass is 10.3. The van der Waals surface area contributed by atoms with E-state index in [4.69, 9.17) is 0 Å². The molecule has 0 saturated heterocycles. The maximum Gasteiger partial charge on any atom is 0.246 e. The molecule has 0 aliphatic carbocycles. The Hall–Kier alpha value is -0.830. The number of amides is 1. The van der Waals surface area contributed by atoms with E-state index in [1.165, 1.54) is 0 Å². The van der Waals surface area contributed by atoms with Crippen molar-refractivity contribution in [3.63, 3.8) is 0 Å². The number of rotatable bonds is 4. The highest BCUT2D eigenvalue weighted by molar-refractivity contribution is 5.92. The van der Waals surface area contributed by atoms with E-state index in [2.05, 4.69) is 5.32 Å². The van der Waals surface area contributed by atoms with Gasteiger partial charge in [-0.15, -0.1) is 0 Å². The highest BCUT2D eigenvalue weighted by atomic mass is 16.1. The topological polar surface area (TPSA) is 32.3 Å². The van der Waals surface area contributed by atoms with Crippen molar-refractivity contribution in [2.24, 2.45) is 0 Å². The largest absolute Gasteiger partial charge is 0.351 e. The quantitative estimate of drug-likeness (QED) is 0.628. The zero-order chi connectivity index (χ0) is 9.56. The van der Waals surface area contributed by atoms with Crippen molar-refractivity contribution in [2.45, 2.75) is 13.8 Å². The van der Waals surface area contributed by atoms with E-state index in [-0.39, 0.29) is 5.91 Å². The summed E-state index contributed by atoms with van der Waals surface area (Å²) in [5.74, 6) is 0.0272. The normalized spacial score (nSPS) is 11.9. The van der Waals surface area contributed by atoms with Gasteiger partial charge in [0.05, 0.1) is 0 Å². The van der Waals surface area contributed by atoms with E-state index in [0.717, 1.165) is 12.1 Å². The summed E-state index contributed by atoms with van der Waals surface area (Å²) in [6, 6.07) is 0. The maximum atomic E-state index is 11.2. The van der Waals surface area contributed by atoms with Crippen LogP contribution in [0.3, 0.4) is 0 Å². The summed E-state index contributed by atoms with van der Waals surface area (Å²) >= 11 is 0. The lowest BCUT2D eigenvalue weighted by molar-refractivity contribution is -0.117. The fourth-order valence-corrected chi connectivity index (χ4v) is 0.664. The molecule has 0 radical (unpaired) electrons. The van der Waals surface area contributed by atoms with E-state index in [9.17, 15) is 4.79 Å². The highest BCUT2D eigenvalue weighted by Gasteiger charge is 2.00. The summed E-state index contributed by atoms with van der Waals surface area (Å²) in [5.41, 5.74) is 0.772. The number of nitrogens with one attached hydrogen (secondary N) is 1. The monoisotopic (exact) mass is 170 g/mol. The molecule has 0 aliphatic heterocycles. The molecular formula is C9H18N2O. The van der Waals surface area contributed by atoms with Crippen molar-refractivity contribution < 1.29 is 4.79 Å². The predicted octanol–water partition coefficient (Wildman–Crippen LogP) is 0.630. The third-order valence-corrected chi connectivity index (χ3v) is 1.64. The van der Waals surface area contributed by atoms with Crippen LogP contribution in [0.5, 0.6) is 0 Å². The Morgan fingerprint density at radius 3 is 2.50 bits per heavy atom. The van der Waals surface area contributed by atoms with Crippen LogP contribution in [0.15, 0.2) is 11.6 Å².